The van der Waals surface area contributed by atoms with Crippen LogP contribution in [0, 0.1) is 0 Å². The van der Waals surface area contributed by atoms with Crippen LogP contribution in [-0.2, 0) is 6.54 Å². The lowest BCUT2D eigenvalue weighted by Crippen LogP contribution is -2.52. The summed E-state index contributed by atoms with van der Waals surface area (Å²) in [5.74, 6) is 3.91. The van der Waals surface area contributed by atoms with E-state index in [-0.39, 0.29) is 24.0 Å². The number of nitrogens with zero attached hydrogens (tertiary/aromatic N) is 3. The third-order valence-corrected chi connectivity index (χ3v) is 5.96. The number of fused-ring (bicyclic) bond motifs is 1. The van der Waals surface area contributed by atoms with Crippen molar-refractivity contribution in [3.8, 4) is 17.2 Å². The van der Waals surface area contributed by atoms with Crippen LogP contribution in [0.25, 0.3) is 0 Å². The average Bonchev–Trinajstić information content (AvgIpc) is 3.28. The van der Waals surface area contributed by atoms with Crippen molar-refractivity contribution < 1.29 is 14.2 Å². The predicted octanol–water partition coefficient (Wildman–Crippen LogP) is 3.54. The normalized spacial score (nSPS) is 17.0. The van der Waals surface area contributed by atoms with Gasteiger partial charge in [-0.1, -0.05) is 31.2 Å². The van der Waals surface area contributed by atoms with Gasteiger partial charge in [-0.3, -0.25) is 9.89 Å². The number of nitrogens with one attached hydrogen (secondary N) is 1. The minimum atomic E-state index is 0. The highest BCUT2D eigenvalue weighted by Gasteiger charge is 2.21. The van der Waals surface area contributed by atoms with E-state index in [0.29, 0.717) is 12.7 Å². The van der Waals surface area contributed by atoms with Gasteiger partial charge in [-0.25, -0.2) is 0 Å². The molecule has 0 radical (unpaired) electrons. The summed E-state index contributed by atoms with van der Waals surface area (Å²) >= 11 is 0. The fraction of sp³-hybridized carbons (Fsp3) is 0.458. The van der Waals surface area contributed by atoms with E-state index in [2.05, 4.69) is 51.3 Å². The number of halogens is 1. The average molecular weight is 552 g/mol. The number of ether oxygens (including phenoxy) is 3. The van der Waals surface area contributed by atoms with E-state index in [1.165, 1.54) is 11.1 Å². The molecule has 2 aliphatic heterocycles. The fourth-order valence-corrected chi connectivity index (χ4v) is 4.18. The van der Waals surface area contributed by atoms with Gasteiger partial charge >= 0.3 is 0 Å². The summed E-state index contributed by atoms with van der Waals surface area (Å²) in [6, 6.07) is 14.4. The molecule has 0 bridgehead atoms. The van der Waals surface area contributed by atoms with E-state index in [9.17, 15) is 0 Å². The molecule has 1 N–H and O–H groups in total. The highest BCUT2D eigenvalue weighted by Crippen LogP contribution is 2.33. The van der Waals surface area contributed by atoms with Gasteiger partial charge in [0, 0.05) is 52.2 Å². The van der Waals surface area contributed by atoms with Crippen LogP contribution in [0.2, 0.25) is 0 Å². The van der Waals surface area contributed by atoms with Crippen LogP contribution in [0.1, 0.15) is 24.0 Å². The number of hydrogen-bond donors (Lipinski definition) is 1. The zero-order valence-corrected chi connectivity index (χ0v) is 21.4. The summed E-state index contributed by atoms with van der Waals surface area (Å²) in [5, 5.41) is 3.55. The van der Waals surface area contributed by atoms with Gasteiger partial charge in [0.05, 0.1) is 7.11 Å². The standard InChI is InChI=1S/C24H32N4O3.HI/c1-18(20-6-4-5-7-21(20)29-3)15-26-24(25-2)28-12-10-27(11-13-28)16-19-8-9-22-23(14-19)31-17-30-22;/h4-9,14,18H,10-13,15-17H2,1-3H3,(H,25,26);1H. The smallest absolute Gasteiger partial charge is 0.231 e. The molecular formula is C24H33IN4O3. The van der Waals surface area contributed by atoms with Gasteiger partial charge in [-0.2, -0.15) is 0 Å². The molecular weight excluding hydrogens is 519 g/mol. The zero-order valence-electron chi connectivity index (χ0n) is 19.0. The molecule has 2 aromatic carbocycles. The molecule has 32 heavy (non-hydrogen) atoms. The number of piperazine rings is 1. The van der Waals surface area contributed by atoms with Gasteiger partial charge < -0.3 is 24.4 Å². The van der Waals surface area contributed by atoms with Crippen molar-refractivity contribution in [3.63, 3.8) is 0 Å². The Kier molecular flexibility index (Phi) is 8.86. The first-order valence-corrected chi connectivity index (χ1v) is 10.9. The lowest BCUT2D eigenvalue weighted by molar-refractivity contribution is 0.171. The minimum Gasteiger partial charge on any atom is -0.496 e. The second-order valence-corrected chi connectivity index (χ2v) is 8.02. The van der Waals surface area contributed by atoms with E-state index in [1.807, 2.05) is 25.2 Å². The SMILES string of the molecule is CN=C(NCC(C)c1ccccc1OC)N1CCN(Cc2ccc3c(c2)OCO3)CC1.I. The maximum atomic E-state index is 5.51. The molecule has 0 amide bonds. The van der Waals surface area contributed by atoms with E-state index >= 15 is 0 Å². The Morgan fingerprint density at radius 1 is 1.09 bits per heavy atom. The van der Waals surface area contributed by atoms with Crippen molar-refractivity contribution in [1.82, 2.24) is 15.1 Å². The Balaban J connectivity index is 0.00000289. The molecule has 1 fully saturated rings. The molecule has 0 aliphatic carbocycles. The zero-order chi connectivity index (χ0) is 21.6. The van der Waals surface area contributed by atoms with Gasteiger partial charge in [0.1, 0.15) is 5.75 Å². The molecule has 2 heterocycles. The van der Waals surface area contributed by atoms with Crippen LogP contribution in [0.4, 0.5) is 0 Å². The monoisotopic (exact) mass is 552 g/mol. The molecule has 0 saturated carbocycles. The molecule has 174 valence electrons. The Hall–Kier alpha value is -2.20. The second kappa shape index (κ2) is 11.6. The van der Waals surface area contributed by atoms with Crippen LogP contribution < -0.4 is 19.5 Å². The number of methoxy groups -OCH3 is 1. The van der Waals surface area contributed by atoms with Crippen LogP contribution in [0.15, 0.2) is 47.5 Å². The molecule has 2 aliphatic rings. The quantitative estimate of drug-likeness (QED) is 0.336. The molecule has 8 heteroatoms. The van der Waals surface area contributed by atoms with Crippen LogP contribution in [0.3, 0.4) is 0 Å². The topological polar surface area (TPSA) is 58.6 Å². The van der Waals surface area contributed by atoms with Crippen molar-refractivity contribution >= 4 is 29.9 Å². The Bertz CT molecular complexity index is 916. The number of aliphatic imine (C=N–C) groups is 1. The molecule has 1 saturated heterocycles. The van der Waals surface area contributed by atoms with Crippen LogP contribution in [0.5, 0.6) is 17.2 Å². The first-order valence-electron chi connectivity index (χ1n) is 10.9. The number of para-hydroxylation sites is 1. The first-order chi connectivity index (χ1) is 15.2. The predicted molar refractivity (Wildman–Crippen MR) is 138 cm³/mol. The molecule has 2 aromatic rings. The van der Waals surface area contributed by atoms with E-state index in [4.69, 9.17) is 14.2 Å². The van der Waals surface area contributed by atoms with E-state index in [1.54, 1.807) is 7.11 Å². The largest absolute Gasteiger partial charge is 0.496 e. The van der Waals surface area contributed by atoms with Gasteiger partial charge in [0.2, 0.25) is 6.79 Å². The second-order valence-electron chi connectivity index (χ2n) is 8.02. The lowest BCUT2D eigenvalue weighted by Gasteiger charge is -2.36. The lowest BCUT2D eigenvalue weighted by atomic mass is 10.0. The van der Waals surface area contributed by atoms with Crippen molar-refractivity contribution in [3.05, 3.63) is 53.6 Å². The number of guanidine groups is 1. The molecule has 1 atom stereocenters. The summed E-state index contributed by atoms with van der Waals surface area (Å²) in [6.07, 6.45) is 0. The Labute approximate surface area is 207 Å². The summed E-state index contributed by atoms with van der Waals surface area (Å²) in [7, 11) is 3.58. The van der Waals surface area contributed by atoms with Crippen LogP contribution >= 0.6 is 24.0 Å². The highest BCUT2D eigenvalue weighted by atomic mass is 127. The van der Waals surface area contributed by atoms with Crippen molar-refractivity contribution in [2.24, 2.45) is 4.99 Å². The number of benzene rings is 2. The third-order valence-electron chi connectivity index (χ3n) is 5.96. The van der Waals surface area contributed by atoms with Gasteiger partial charge in [0.15, 0.2) is 17.5 Å². The van der Waals surface area contributed by atoms with E-state index < -0.39 is 0 Å². The molecule has 4 rings (SSSR count). The maximum Gasteiger partial charge on any atom is 0.231 e. The maximum absolute atomic E-state index is 5.51. The van der Waals surface area contributed by atoms with Crippen molar-refractivity contribution in [1.29, 1.82) is 0 Å². The highest BCUT2D eigenvalue weighted by molar-refractivity contribution is 14.0. The third kappa shape index (κ3) is 5.78. The van der Waals surface area contributed by atoms with E-state index in [0.717, 1.165) is 62.5 Å². The summed E-state index contributed by atoms with van der Waals surface area (Å²) in [5.41, 5.74) is 2.47. The summed E-state index contributed by atoms with van der Waals surface area (Å²) in [4.78, 5) is 9.33. The molecule has 1 unspecified atom stereocenters. The Morgan fingerprint density at radius 3 is 2.59 bits per heavy atom. The van der Waals surface area contributed by atoms with Crippen LogP contribution in [-0.4, -0.2) is 69.4 Å². The van der Waals surface area contributed by atoms with Gasteiger partial charge in [-0.15, -0.1) is 24.0 Å². The fourth-order valence-electron chi connectivity index (χ4n) is 4.18. The molecule has 7 nitrogen and oxygen atoms in total. The number of hydrogen-bond acceptors (Lipinski definition) is 5. The molecule has 0 aromatic heterocycles. The summed E-state index contributed by atoms with van der Waals surface area (Å²) in [6.45, 7) is 8.15. The van der Waals surface area contributed by atoms with Crippen molar-refractivity contribution in [2.75, 3.05) is 53.7 Å². The minimum absolute atomic E-state index is 0. The van der Waals surface area contributed by atoms with Gasteiger partial charge in [0.25, 0.3) is 0 Å². The van der Waals surface area contributed by atoms with Crippen molar-refractivity contribution in [2.45, 2.75) is 19.4 Å². The summed E-state index contributed by atoms with van der Waals surface area (Å²) < 4.78 is 16.4. The molecule has 0 spiro atoms. The Morgan fingerprint density at radius 2 is 1.84 bits per heavy atom. The van der Waals surface area contributed by atoms with Gasteiger partial charge in [-0.05, 0) is 29.3 Å². The first kappa shape index (κ1) is 24.4. The number of rotatable bonds is 6.